The number of aromatic nitrogens is 2. The minimum absolute atomic E-state index is 0.160. The zero-order valence-corrected chi connectivity index (χ0v) is 15.1. The largest absolute Gasteiger partial charge is 0.416 e. The lowest BCUT2D eigenvalue weighted by molar-refractivity contribution is -0.137. The van der Waals surface area contributed by atoms with Crippen molar-refractivity contribution in [3.63, 3.8) is 0 Å². The summed E-state index contributed by atoms with van der Waals surface area (Å²) < 4.78 is 44.4. The molecule has 1 aromatic heterocycles. The molecule has 1 N–H and O–H groups in total. The summed E-state index contributed by atoms with van der Waals surface area (Å²) in [5, 5.41) is 7.30. The number of nitrogens with zero attached hydrogens (tertiary/aromatic N) is 2. The number of benzene rings is 2. The molecule has 1 atom stereocenters. The van der Waals surface area contributed by atoms with E-state index in [9.17, 15) is 13.2 Å². The number of rotatable bonds is 7. The topological polar surface area (TPSA) is 51.0 Å². The zero-order valence-electron chi connectivity index (χ0n) is 15.1. The number of halogens is 3. The molecule has 1 heterocycles. The summed E-state index contributed by atoms with van der Waals surface area (Å²) in [4.78, 5) is 4.39. The number of hydrogen-bond donors (Lipinski definition) is 1. The van der Waals surface area contributed by atoms with Gasteiger partial charge in [-0.05, 0) is 42.0 Å². The molecule has 4 nitrogen and oxygen atoms in total. The Bertz CT molecular complexity index is 920. The van der Waals surface area contributed by atoms with Crippen LogP contribution < -0.4 is 5.32 Å². The average Bonchev–Trinajstić information content (AvgIpc) is 3.42. The van der Waals surface area contributed by atoms with Gasteiger partial charge in [-0.1, -0.05) is 47.6 Å². The third kappa shape index (κ3) is 4.59. The van der Waals surface area contributed by atoms with Gasteiger partial charge in [-0.3, -0.25) is 0 Å². The van der Waals surface area contributed by atoms with Crippen molar-refractivity contribution in [2.75, 3.05) is 0 Å². The van der Waals surface area contributed by atoms with Gasteiger partial charge in [-0.25, -0.2) is 0 Å². The lowest BCUT2D eigenvalue weighted by atomic mass is 10.00. The quantitative estimate of drug-likeness (QED) is 0.625. The van der Waals surface area contributed by atoms with Gasteiger partial charge < -0.3 is 9.84 Å². The van der Waals surface area contributed by atoms with Gasteiger partial charge in [0.2, 0.25) is 5.89 Å². The zero-order chi connectivity index (χ0) is 19.6. The summed E-state index contributed by atoms with van der Waals surface area (Å²) in [7, 11) is 0. The third-order valence-corrected chi connectivity index (χ3v) is 4.85. The molecule has 0 radical (unpaired) electrons. The van der Waals surface area contributed by atoms with Crippen LogP contribution >= 0.6 is 0 Å². The van der Waals surface area contributed by atoms with Gasteiger partial charge in [-0.2, -0.15) is 18.2 Å². The second-order valence-electron chi connectivity index (χ2n) is 7.09. The Morgan fingerprint density at radius 2 is 1.86 bits per heavy atom. The van der Waals surface area contributed by atoms with Crippen molar-refractivity contribution in [3.05, 3.63) is 83.0 Å². The van der Waals surface area contributed by atoms with Crippen molar-refractivity contribution in [3.8, 4) is 0 Å². The number of nitrogens with one attached hydrogen (secondary N) is 1. The molecule has 0 amide bonds. The van der Waals surface area contributed by atoms with Gasteiger partial charge in [0.15, 0.2) is 5.82 Å². The Labute approximate surface area is 160 Å². The Morgan fingerprint density at radius 1 is 1.07 bits per heavy atom. The smallest absolute Gasteiger partial charge is 0.338 e. The Kier molecular flexibility index (Phi) is 5.17. The van der Waals surface area contributed by atoms with Gasteiger partial charge in [0.1, 0.15) is 0 Å². The maximum atomic E-state index is 13.0. The summed E-state index contributed by atoms with van der Waals surface area (Å²) in [6.45, 7) is 0.319. The van der Waals surface area contributed by atoms with E-state index >= 15 is 0 Å². The fourth-order valence-corrected chi connectivity index (χ4v) is 3.30. The highest BCUT2D eigenvalue weighted by Gasteiger charge is 2.35. The standard InChI is InChI=1S/C21H20F3N3O/c22-21(23,24)17-8-4-7-16(12-17)20(15-9-10-15)25-13-19-26-18(27-28-19)11-14-5-2-1-3-6-14/h1-8,12,15,20,25H,9-11,13H2/t20-/m0/s1. The summed E-state index contributed by atoms with van der Waals surface area (Å²) in [5.74, 6) is 1.35. The first kappa shape index (κ1) is 18.7. The summed E-state index contributed by atoms with van der Waals surface area (Å²) in [5.41, 5.74) is 1.10. The Morgan fingerprint density at radius 3 is 2.57 bits per heavy atom. The molecule has 2 aromatic carbocycles. The molecule has 28 heavy (non-hydrogen) atoms. The lowest BCUT2D eigenvalue weighted by Gasteiger charge is -2.19. The van der Waals surface area contributed by atoms with Gasteiger partial charge in [0.25, 0.3) is 0 Å². The van der Waals surface area contributed by atoms with Crippen LogP contribution in [0.15, 0.2) is 59.1 Å². The predicted octanol–water partition coefficient (Wildman–Crippen LogP) is 4.92. The second kappa shape index (κ2) is 7.75. The van der Waals surface area contributed by atoms with Crippen LogP contribution in [0.4, 0.5) is 13.2 Å². The van der Waals surface area contributed by atoms with Crippen LogP contribution in [0.3, 0.4) is 0 Å². The normalized spacial score (nSPS) is 15.5. The third-order valence-electron chi connectivity index (χ3n) is 4.85. The van der Waals surface area contributed by atoms with E-state index in [4.69, 9.17) is 4.52 Å². The number of alkyl halides is 3. The molecular formula is C21H20F3N3O. The molecule has 146 valence electrons. The average molecular weight is 387 g/mol. The fraction of sp³-hybridized carbons (Fsp3) is 0.333. The molecule has 4 rings (SSSR count). The van der Waals surface area contributed by atoms with E-state index in [0.717, 1.165) is 24.5 Å². The van der Waals surface area contributed by atoms with Crippen molar-refractivity contribution in [1.82, 2.24) is 15.5 Å². The second-order valence-corrected chi connectivity index (χ2v) is 7.09. The van der Waals surface area contributed by atoms with E-state index in [-0.39, 0.29) is 6.04 Å². The molecule has 0 aliphatic heterocycles. The predicted molar refractivity (Wildman–Crippen MR) is 97.3 cm³/mol. The van der Waals surface area contributed by atoms with Gasteiger partial charge in [0, 0.05) is 12.5 Å². The SMILES string of the molecule is FC(F)(F)c1cccc([C@@H](NCc2nc(Cc3ccccc3)no2)C2CC2)c1. The highest BCUT2D eigenvalue weighted by Crippen LogP contribution is 2.42. The molecule has 7 heteroatoms. The lowest BCUT2D eigenvalue weighted by Crippen LogP contribution is -2.23. The van der Waals surface area contributed by atoms with Gasteiger partial charge in [-0.15, -0.1) is 0 Å². The van der Waals surface area contributed by atoms with Crippen LogP contribution in [0.1, 0.15) is 47.3 Å². The highest BCUT2D eigenvalue weighted by atomic mass is 19.4. The molecule has 0 bridgehead atoms. The summed E-state index contributed by atoms with van der Waals surface area (Å²) >= 11 is 0. The molecule has 1 aliphatic rings. The highest BCUT2D eigenvalue weighted by molar-refractivity contribution is 5.29. The minimum atomic E-state index is -4.34. The van der Waals surface area contributed by atoms with Crippen molar-refractivity contribution in [2.24, 2.45) is 5.92 Å². The number of hydrogen-bond acceptors (Lipinski definition) is 4. The van der Waals surface area contributed by atoms with Crippen LogP contribution in [0.5, 0.6) is 0 Å². The fourth-order valence-electron chi connectivity index (χ4n) is 3.30. The first-order chi connectivity index (χ1) is 13.5. The van der Waals surface area contributed by atoms with E-state index in [0.29, 0.717) is 36.2 Å². The van der Waals surface area contributed by atoms with Crippen LogP contribution in [-0.4, -0.2) is 10.1 Å². The first-order valence-corrected chi connectivity index (χ1v) is 9.25. The van der Waals surface area contributed by atoms with E-state index < -0.39 is 11.7 Å². The summed E-state index contributed by atoms with van der Waals surface area (Å²) in [6, 6.07) is 15.2. The van der Waals surface area contributed by atoms with Gasteiger partial charge >= 0.3 is 6.18 Å². The van der Waals surface area contributed by atoms with Crippen LogP contribution in [-0.2, 0) is 19.1 Å². The van der Waals surface area contributed by atoms with Crippen molar-refractivity contribution in [1.29, 1.82) is 0 Å². The van der Waals surface area contributed by atoms with Crippen molar-refractivity contribution < 1.29 is 17.7 Å². The molecule has 1 fully saturated rings. The van der Waals surface area contributed by atoms with E-state index in [1.54, 1.807) is 6.07 Å². The Hall–Kier alpha value is -2.67. The van der Waals surface area contributed by atoms with Gasteiger partial charge in [0.05, 0.1) is 12.1 Å². The van der Waals surface area contributed by atoms with E-state index in [1.165, 1.54) is 12.1 Å². The minimum Gasteiger partial charge on any atom is -0.338 e. The molecule has 1 aliphatic carbocycles. The first-order valence-electron chi connectivity index (χ1n) is 9.25. The van der Waals surface area contributed by atoms with Crippen molar-refractivity contribution >= 4 is 0 Å². The van der Waals surface area contributed by atoms with Crippen molar-refractivity contribution in [2.45, 2.75) is 38.0 Å². The monoisotopic (exact) mass is 387 g/mol. The maximum absolute atomic E-state index is 13.0. The maximum Gasteiger partial charge on any atom is 0.416 e. The molecule has 1 saturated carbocycles. The molecule has 0 spiro atoms. The summed E-state index contributed by atoms with van der Waals surface area (Å²) in [6.07, 6.45) is -1.78. The molecule has 0 saturated heterocycles. The van der Waals surface area contributed by atoms with E-state index in [2.05, 4.69) is 15.5 Å². The molecule has 0 unspecified atom stereocenters. The van der Waals surface area contributed by atoms with E-state index in [1.807, 2.05) is 30.3 Å². The van der Waals surface area contributed by atoms with Crippen LogP contribution in [0, 0.1) is 5.92 Å². The van der Waals surface area contributed by atoms with Crippen LogP contribution in [0.25, 0.3) is 0 Å². The molecular weight excluding hydrogens is 367 g/mol. The van der Waals surface area contributed by atoms with Crippen LogP contribution in [0.2, 0.25) is 0 Å². The molecule has 3 aromatic rings. The Balaban J connectivity index is 1.43.